The third-order valence-corrected chi connectivity index (χ3v) is 6.62. The monoisotopic (exact) mass is 511 g/mol. The molecule has 37 heavy (non-hydrogen) atoms. The number of carbonyl (C=O) groups is 4. The highest BCUT2D eigenvalue weighted by Crippen LogP contribution is 2.40. The molecular formula is C22H13B5ClF2N3O4. The summed E-state index contributed by atoms with van der Waals surface area (Å²) in [6.45, 7) is -0.220. The molecule has 1 fully saturated rings. The zero-order valence-electron chi connectivity index (χ0n) is 19.1. The molecule has 2 aromatic rings. The van der Waals surface area contributed by atoms with Crippen LogP contribution in [-0.2, 0) is 26.9 Å². The predicted molar refractivity (Wildman–Crippen MR) is 133 cm³/mol. The first-order valence-corrected chi connectivity index (χ1v) is 11.1. The van der Waals surface area contributed by atoms with Crippen LogP contribution in [0.5, 0.6) is 0 Å². The van der Waals surface area contributed by atoms with Gasteiger partial charge >= 0.3 is 5.92 Å². The minimum Gasteiger partial charge on any atom is -0.393 e. The van der Waals surface area contributed by atoms with Crippen molar-refractivity contribution in [2.75, 3.05) is 0 Å². The summed E-state index contributed by atoms with van der Waals surface area (Å²) < 4.78 is 29.6. The molecule has 176 valence electrons. The molecule has 4 rings (SSSR count). The molecule has 1 N–H and O–H groups in total. The van der Waals surface area contributed by atoms with Crippen LogP contribution in [0, 0.1) is 0 Å². The molecule has 2 aromatic carbocycles. The Morgan fingerprint density at radius 2 is 1.70 bits per heavy atom. The zero-order chi connectivity index (χ0) is 27.5. The molecule has 0 spiro atoms. The lowest BCUT2D eigenvalue weighted by atomic mass is 9.45. The SMILES string of the molecule is [B]C(c1ccc2c(c1)CN(C1([B])CC([B])([B])C(=O)NC1=O)C2=O)N([B])C(=O)C(F)(F)c1ccc(Cl)cc1. The number of amides is 4. The van der Waals surface area contributed by atoms with Crippen LogP contribution < -0.4 is 5.32 Å². The predicted octanol–water partition coefficient (Wildman–Crippen LogP) is 0.532. The summed E-state index contributed by atoms with van der Waals surface area (Å²) in [4.78, 5) is 51.2. The van der Waals surface area contributed by atoms with Gasteiger partial charge in [0.15, 0.2) is 0 Å². The van der Waals surface area contributed by atoms with Crippen LogP contribution in [0.4, 0.5) is 8.78 Å². The quantitative estimate of drug-likeness (QED) is 0.470. The molecule has 15 heteroatoms. The highest BCUT2D eigenvalue weighted by molar-refractivity contribution is 6.53. The number of nitrogens with one attached hydrogen (secondary N) is 1. The van der Waals surface area contributed by atoms with E-state index in [9.17, 15) is 28.0 Å². The maximum Gasteiger partial charge on any atom is 0.348 e. The molecule has 2 aliphatic rings. The molecule has 2 atom stereocenters. The summed E-state index contributed by atoms with van der Waals surface area (Å²) in [6.07, 6.45) is -0.554. The Bertz CT molecular complexity index is 1330. The largest absolute Gasteiger partial charge is 0.393 e. The normalized spacial score (nSPS) is 21.8. The number of carbonyl (C=O) groups excluding carboxylic acids is 4. The van der Waals surface area contributed by atoms with Crippen molar-refractivity contribution in [2.45, 2.75) is 35.5 Å². The lowest BCUT2D eigenvalue weighted by Gasteiger charge is -2.46. The topological polar surface area (TPSA) is 86.8 Å². The van der Waals surface area contributed by atoms with Gasteiger partial charge in [-0.05, 0) is 41.0 Å². The Morgan fingerprint density at radius 3 is 2.32 bits per heavy atom. The van der Waals surface area contributed by atoms with Gasteiger partial charge in [-0.15, -0.1) is 0 Å². The lowest BCUT2D eigenvalue weighted by Crippen LogP contribution is -2.67. The Morgan fingerprint density at radius 1 is 1.08 bits per heavy atom. The second kappa shape index (κ2) is 9.08. The average molecular weight is 511 g/mol. The van der Waals surface area contributed by atoms with Gasteiger partial charge in [-0.1, -0.05) is 35.9 Å². The molecule has 4 amide bonds. The first-order valence-electron chi connectivity index (χ1n) is 10.7. The molecule has 2 unspecified atom stereocenters. The van der Waals surface area contributed by atoms with Crippen molar-refractivity contribution in [3.63, 3.8) is 0 Å². The molecule has 0 aromatic heterocycles. The number of halogens is 3. The number of fused-ring (bicyclic) bond motifs is 1. The van der Waals surface area contributed by atoms with E-state index in [-0.39, 0.29) is 27.5 Å². The smallest absolute Gasteiger partial charge is 0.348 e. The molecule has 2 aliphatic heterocycles. The van der Waals surface area contributed by atoms with Gasteiger partial charge < -0.3 is 9.71 Å². The van der Waals surface area contributed by atoms with Crippen LogP contribution >= 0.6 is 11.6 Å². The van der Waals surface area contributed by atoms with E-state index >= 15 is 0 Å². The van der Waals surface area contributed by atoms with Crippen LogP contribution in [-0.4, -0.2) is 78.1 Å². The van der Waals surface area contributed by atoms with E-state index in [1.54, 1.807) is 0 Å². The fraction of sp³-hybridized carbons (Fsp3) is 0.273. The second-order valence-electron chi connectivity index (χ2n) is 8.97. The molecule has 7 nitrogen and oxygen atoms in total. The Kier molecular flexibility index (Phi) is 6.63. The molecule has 1 saturated heterocycles. The molecular weight excluding hydrogens is 498 g/mol. The number of benzene rings is 2. The first kappa shape index (κ1) is 27.0. The number of rotatable bonds is 5. The van der Waals surface area contributed by atoms with Gasteiger partial charge in [-0.3, -0.25) is 24.5 Å². The van der Waals surface area contributed by atoms with E-state index in [0.29, 0.717) is 5.56 Å². The number of nitrogens with zero attached hydrogens (tertiary/aromatic N) is 2. The van der Waals surface area contributed by atoms with Gasteiger partial charge in [0, 0.05) is 28.6 Å². The summed E-state index contributed by atoms with van der Waals surface area (Å²) >= 11 is 5.72. The van der Waals surface area contributed by atoms with Crippen molar-refractivity contribution >= 4 is 74.6 Å². The second-order valence-corrected chi connectivity index (χ2v) is 9.41. The molecule has 10 radical (unpaired) electrons. The maximum absolute atomic E-state index is 14.8. The van der Waals surface area contributed by atoms with Crippen LogP contribution in [0.15, 0.2) is 42.5 Å². The van der Waals surface area contributed by atoms with Crippen LogP contribution in [0.1, 0.15) is 39.4 Å². The van der Waals surface area contributed by atoms with Crippen LogP contribution in [0.25, 0.3) is 0 Å². The lowest BCUT2D eigenvalue weighted by molar-refractivity contribution is -0.154. The van der Waals surface area contributed by atoms with Gasteiger partial charge in [0.2, 0.25) is 19.8 Å². The van der Waals surface area contributed by atoms with E-state index in [1.807, 2.05) is 5.32 Å². The van der Waals surface area contributed by atoms with Gasteiger partial charge in [0.1, 0.15) is 15.7 Å². The van der Waals surface area contributed by atoms with Gasteiger partial charge in [0.05, 0.1) is 21.1 Å². The van der Waals surface area contributed by atoms with Crippen molar-refractivity contribution in [1.29, 1.82) is 0 Å². The molecule has 2 heterocycles. The Balaban J connectivity index is 1.57. The summed E-state index contributed by atoms with van der Waals surface area (Å²) in [7, 11) is 29.4. The number of piperidine rings is 1. The van der Waals surface area contributed by atoms with Crippen molar-refractivity contribution in [2.24, 2.45) is 0 Å². The molecule has 0 aliphatic carbocycles. The van der Waals surface area contributed by atoms with Crippen molar-refractivity contribution < 1.29 is 28.0 Å². The molecule has 0 saturated carbocycles. The average Bonchev–Trinajstić information content (AvgIpc) is 3.18. The van der Waals surface area contributed by atoms with E-state index < -0.39 is 58.1 Å². The van der Waals surface area contributed by atoms with Crippen LogP contribution in [0.2, 0.25) is 10.2 Å². The summed E-state index contributed by atoms with van der Waals surface area (Å²) in [5, 5.41) is 0.157. The van der Waals surface area contributed by atoms with E-state index in [4.69, 9.17) is 51.0 Å². The van der Waals surface area contributed by atoms with Gasteiger partial charge in [0.25, 0.3) is 11.8 Å². The fourth-order valence-electron chi connectivity index (χ4n) is 4.23. The highest BCUT2D eigenvalue weighted by atomic mass is 35.5. The minimum atomic E-state index is -4.00. The van der Waals surface area contributed by atoms with Gasteiger partial charge in [-0.25, -0.2) is 0 Å². The van der Waals surface area contributed by atoms with Crippen molar-refractivity contribution in [3.8, 4) is 0 Å². The zero-order valence-corrected chi connectivity index (χ0v) is 19.8. The maximum atomic E-state index is 14.8. The number of imide groups is 1. The van der Waals surface area contributed by atoms with Crippen molar-refractivity contribution in [3.05, 3.63) is 69.7 Å². The van der Waals surface area contributed by atoms with E-state index in [1.165, 1.54) is 30.3 Å². The Hall–Kier alpha value is -3.01. The summed E-state index contributed by atoms with van der Waals surface area (Å²) in [5.74, 6) is -9.87. The third kappa shape index (κ3) is 4.49. The summed E-state index contributed by atoms with van der Waals surface area (Å²) in [6, 6.07) is 8.41. The standard InChI is InChI=1S/C22H13B5ClF2N3O4/c23-15(33(27)19(37)22(29,30)12-2-4-13(28)5-3-12)10-1-6-14-11(7-10)8-32(16(14)34)21(26)9-20(24,25)17(35)31-18(21)36/h1-7,15H,8-9H2,(H,31,35,36). The minimum absolute atomic E-state index is 0.123. The van der Waals surface area contributed by atoms with Crippen molar-refractivity contribution in [1.82, 2.24) is 15.0 Å². The van der Waals surface area contributed by atoms with Gasteiger partial charge in [-0.2, -0.15) is 8.78 Å². The number of hydrogen-bond acceptors (Lipinski definition) is 4. The Labute approximate surface area is 222 Å². The summed E-state index contributed by atoms with van der Waals surface area (Å²) in [5.41, 5.74) is -2.11. The van der Waals surface area contributed by atoms with E-state index in [0.717, 1.165) is 17.0 Å². The fourth-order valence-corrected chi connectivity index (χ4v) is 4.36. The third-order valence-electron chi connectivity index (χ3n) is 6.37. The van der Waals surface area contributed by atoms with Crippen LogP contribution in [0.3, 0.4) is 0 Å². The molecule has 0 bridgehead atoms. The first-order chi connectivity index (χ1) is 17.1. The van der Waals surface area contributed by atoms with E-state index in [2.05, 4.69) is 0 Å². The number of hydrogen-bond donors (Lipinski definition) is 1. The highest BCUT2D eigenvalue weighted by Gasteiger charge is 2.53. The number of alkyl halides is 2.